The van der Waals surface area contributed by atoms with Gasteiger partial charge in [-0.15, -0.1) is 0 Å². The maximum atomic E-state index is 12.0. The summed E-state index contributed by atoms with van der Waals surface area (Å²) < 4.78 is 1.88. The highest BCUT2D eigenvalue weighted by Gasteiger charge is 2.15. The van der Waals surface area contributed by atoms with Gasteiger partial charge in [-0.25, -0.2) is 4.79 Å². The van der Waals surface area contributed by atoms with Crippen LogP contribution in [0.5, 0.6) is 0 Å². The van der Waals surface area contributed by atoms with Crippen molar-refractivity contribution >= 4 is 6.03 Å². The highest BCUT2D eigenvalue weighted by atomic mass is 16.2. The van der Waals surface area contributed by atoms with E-state index in [1.807, 2.05) is 27.9 Å². The van der Waals surface area contributed by atoms with Crippen LogP contribution in [-0.2, 0) is 6.54 Å². The molecule has 1 N–H and O–H groups in total. The van der Waals surface area contributed by atoms with E-state index in [0.717, 1.165) is 37.2 Å². The van der Waals surface area contributed by atoms with Gasteiger partial charge < -0.3 is 10.2 Å². The quantitative estimate of drug-likeness (QED) is 0.943. The van der Waals surface area contributed by atoms with Crippen LogP contribution >= 0.6 is 0 Å². The fourth-order valence-corrected chi connectivity index (χ4v) is 2.93. The van der Waals surface area contributed by atoms with Gasteiger partial charge in [-0.3, -0.25) is 4.68 Å². The number of nitrogens with zero attached hydrogens (tertiary/aromatic N) is 3. The minimum Gasteiger partial charge on any atom is -0.336 e. The number of piperidine rings is 1. The minimum absolute atomic E-state index is 0.0516. The van der Waals surface area contributed by atoms with Crippen molar-refractivity contribution in [2.45, 2.75) is 32.7 Å². The molecule has 5 nitrogen and oxygen atoms in total. The molecule has 5 heteroatoms. The van der Waals surface area contributed by atoms with Gasteiger partial charge in [0.1, 0.15) is 0 Å². The normalized spacial score (nSPS) is 14.7. The molecule has 0 atom stereocenters. The number of carbonyl (C=O) groups excluding carboxylic acids is 1. The fourth-order valence-electron chi connectivity index (χ4n) is 2.93. The average molecular weight is 312 g/mol. The summed E-state index contributed by atoms with van der Waals surface area (Å²) in [5.41, 5.74) is 3.32. The van der Waals surface area contributed by atoms with E-state index in [2.05, 4.69) is 35.5 Å². The maximum Gasteiger partial charge on any atom is 0.317 e. The van der Waals surface area contributed by atoms with Crippen molar-refractivity contribution in [3.8, 4) is 11.3 Å². The van der Waals surface area contributed by atoms with E-state index in [9.17, 15) is 4.79 Å². The first-order valence-corrected chi connectivity index (χ1v) is 8.36. The lowest BCUT2D eigenvalue weighted by atomic mass is 10.1. The molecule has 0 unspecified atom stereocenters. The van der Waals surface area contributed by atoms with Crippen molar-refractivity contribution in [2.75, 3.05) is 19.6 Å². The molecule has 2 aromatic rings. The topological polar surface area (TPSA) is 50.2 Å². The number of carbonyl (C=O) groups is 1. The number of hydrogen-bond acceptors (Lipinski definition) is 2. The molecule has 1 aromatic carbocycles. The molecule has 1 fully saturated rings. The van der Waals surface area contributed by atoms with Crippen LogP contribution in [-0.4, -0.2) is 40.3 Å². The first-order chi connectivity index (χ1) is 11.2. The predicted molar refractivity (Wildman–Crippen MR) is 91.2 cm³/mol. The molecule has 122 valence electrons. The van der Waals surface area contributed by atoms with Crippen LogP contribution in [0.3, 0.4) is 0 Å². The number of benzene rings is 1. The predicted octanol–water partition coefficient (Wildman–Crippen LogP) is 3.05. The zero-order valence-corrected chi connectivity index (χ0v) is 13.7. The highest BCUT2D eigenvalue weighted by Crippen LogP contribution is 2.17. The minimum atomic E-state index is 0.0516. The second kappa shape index (κ2) is 7.31. The van der Waals surface area contributed by atoms with E-state index in [4.69, 9.17) is 0 Å². The molecule has 1 aliphatic heterocycles. The van der Waals surface area contributed by atoms with Crippen molar-refractivity contribution in [3.05, 3.63) is 42.1 Å². The molecule has 1 aliphatic rings. The van der Waals surface area contributed by atoms with Crippen molar-refractivity contribution in [3.63, 3.8) is 0 Å². The van der Waals surface area contributed by atoms with Crippen LogP contribution in [0, 0.1) is 6.92 Å². The summed E-state index contributed by atoms with van der Waals surface area (Å²) in [5.74, 6) is 0. The van der Waals surface area contributed by atoms with E-state index in [1.165, 1.54) is 12.0 Å². The monoisotopic (exact) mass is 312 g/mol. The lowest BCUT2D eigenvalue weighted by Crippen LogP contribution is -2.43. The summed E-state index contributed by atoms with van der Waals surface area (Å²) in [6.07, 6.45) is 5.43. The molecule has 0 spiro atoms. The molecule has 0 radical (unpaired) electrons. The lowest BCUT2D eigenvalue weighted by Gasteiger charge is -2.26. The number of hydrogen-bond donors (Lipinski definition) is 1. The summed E-state index contributed by atoms with van der Waals surface area (Å²) in [6, 6.07) is 10.4. The fraction of sp³-hybridized carbons (Fsp3) is 0.444. The van der Waals surface area contributed by atoms with Gasteiger partial charge in [0.2, 0.25) is 0 Å². The third-order valence-corrected chi connectivity index (χ3v) is 4.21. The largest absolute Gasteiger partial charge is 0.336 e. The van der Waals surface area contributed by atoms with Crippen molar-refractivity contribution in [2.24, 2.45) is 0 Å². The van der Waals surface area contributed by atoms with Crippen molar-refractivity contribution in [1.82, 2.24) is 20.0 Å². The van der Waals surface area contributed by atoms with Gasteiger partial charge in [0.25, 0.3) is 0 Å². The van der Waals surface area contributed by atoms with Gasteiger partial charge in [0.15, 0.2) is 0 Å². The third kappa shape index (κ3) is 4.12. The summed E-state index contributed by atoms with van der Waals surface area (Å²) in [7, 11) is 0. The van der Waals surface area contributed by atoms with Gasteiger partial charge in [-0.2, -0.15) is 5.10 Å². The molecule has 0 bridgehead atoms. The maximum absolute atomic E-state index is 12.0. The van der Waals surface area contributed by atoms with Crippen LogP contribution in [0.15, 0.2) is 36.5 Å². The Balaban J connectivity index is 1.50. The van der Waals surface area contributed by atoms with Crippen LogP contribution in [0.2, 0.25) is 0 Å². The van der Waals surface area contributed by atoms with Gasteiger partial charge in [0, 0.05) is 31.4 Å². The number of likely N-dealkylation sites (tertiary alicyclic amines) is 1. The summed E-state index contributed by atoms with van der Waals surface area (Å²) in [5, 5.41) is 7.57. The summed E-state index contributed by atoms with van der Waals surface area (Å²) in [6.45, 7) is 5.13. The first kappa shape index (κ1) is 15.6. The van der Waals surface area contributed by atoms with E-state index in [1.54, 1.807) is 0 Å². The molecule has 3 rings (SSSR count). The Bertz CT molecular complexity index is 659. The van der Waals surface area contributed by atoms with Crippen molar-refractivity contribution in [1.29, 1.82) is 0 Å². The Kier molecular flexibility index (Phi) is 4.95. The number of nitrogens with one attached hydrogen (secondary N) is 1. The molecule has 2 heterocycles. The molecule has 1 saturated heterocycles. The van der Waals surface area contributed by atoms with E-state index in [-0.39, 0.29) is 6.03 Å². The van der Waals surface area contributed by atoms with Crippen LogP contribution < -0.4 is 5.32 Å². The molecule has 2 amide bonds. The Morgan fingerprint density at radius 3 is 2.83 bits per heavy atom. The lowest BCUT2D eigenvalue weighted by molar-refractivity contribution is 0.186. The van der Waals surface area contributed by atoms with Crippen LogP contribution in [0.4, 0.5) is 4.79 Å². The SMILES string of the molecule is Cc1cccc(-c2ccn(CCNC(=O)N3CCCCC3)n2)c1. The molecular weight excluding hydrogens is 288 g/mol. The molecule has 1 aromatic heterocycles. The van der Waals surface area contributed by atoms with E-state index < -0.39 is 0 Å². The standard InChI is InChI=1S/C18H24N4O/c1-15-6-5-7-16(14-15)17-8-12-22(20-17)13-9-19-18(23)21-10-3-2-4-11-21/h5-8,12,14H,2-4,9-11,13H2,1H3,(H,19,23). The third-order valence-electron chi connectivity index (χ3n) is 4.21. The average Bonchev–Trinajstić information content (AvgIpc) is 3.04. The first-order valence-electron chi connectivity index (χ1n) is 8.36. The van der Waals surface area contributed by atoms with E-state index >= 15 is 0 Å². The van der Waals surface area contributed by atoms with Gasteiger partial charge in [-0.1, -0.05) is 23.8 Å². The van der Waals surface area contributed by atoms with Gasteiger partial charge in [-0.05, 0) is 38.3 Å². The number of rotatable bonds is 4. The molecule has 0 aliphatic carbocycles. The molecule has 23 heavy (non-hydrogen) atoms. The smallest absolute Gasteiger partial charge is 0.317 e. The van der Waals surface area contributed by atoms with Gasteiger partial charge >= 0.3 is 6.03 Å². The second-order valence-corrected chi connectivity index (χ2v) is 6.11. The van der Waals surface area contributed by atoms with Crippen molar-refractivity contribution < 1.29 is 4.79 Å². The number of aryl methyl sites for hydroxylation is 1. The molecule has 0 saturated carbocycles. The second-order valence-electron chi connectivity index (χ2n) is 6.11. The highest BCUT2D eigenvalue weighted by molar-refractivity contribution is 5.74. The summed E-state index contributed by atoms with van der Waals surface area (Å²) >= 11 is 0. The Morgan fingerprint density at radius 2 is 2.04 bits per heavy atom. The van der Waals surface area contributed by atoms with E-state index in [0.29, 0.717) is 13.1 Å². The number of amides is 2. The Hall–Kier alpha value is -2.30. The van der Waals surface area contributed by atoms with Gasteiger partial charge in [0.05, 0.1) is 12.2 Å². The van der Waals surface area contributed by atoms with Crippen LogP contribution in [0.25, 0.3) is 11.3 Å². The number of urea groups is 1. The zero-order chi connectivity index (χ0) is 16.1. The van der Waals surface area contributed by atoms with Crippen LogP contribution in [0.1, 0.15) is 24.8 Å². The molecular formula is C18H24N4O. The zero-order valence-electron chi connectivity index (χ0n) is 13.7. The number of aromatic nitrogens is 2. The Labute approximate surface area is 137 Å². The Morgan fingerprint density at radius 1 is 1.22 bits per heavy atom. The summed E-state index contributed by atoms with van der Waals surface area (Å²) in [4.78, 5) is 13.9.